The Kier molecular flexibility index (Phi) is 6.95. The van der Waals surface area contributed by atoms with Crippen molar-refractivity contribution in [1.29, 1.82) is 5.26 Å². The van der Waals surface area contributed by atoms with E-state index in [2.05, 4.69) is 38.8 Å². The van der Waals surface area contributed by atoms with Crippen molar-refractivity contribution in [3.8, 4) is 6.07 Å². The van der Waals surface area contributed by atoms with E-state index in [1.807, 2.05) is 29.4 Å². The lowest BCUT2D eigenvalue weighted by molar-refractivity contribution is -0.133. The number of fused-ring (bicyclic) bond motifs is 1. The summed E-state index contributed by atoms with van der Waals surface area (Å²) in [6.07, 6.45) is 3.97. The molecule has 1 aromatic carbocycles. The molecule has 40 heavy (non-hydrogen) atoms. The summed E-state index contributed by atoms with van der Waals surface area (Å²) in [4.78, 5) is 23.7. The molecule has 0 aliphatic carbocycles. The van der Waals surface area contributed by atoms with Crippen molar-refractivity contribution in [2.75, 3.05) is 69.6 Å². The van der Waals surface area contributed by atoms with Crippen LogP contribution in [0.5, 0.6) is 0 Å². The molecule has 2 N–H and O–H groups in total. The molecule has 1 amide bonds. The maximum Gasteiger partial charge on any atom is 0.247 e. The van der Waals surface area contributed by atoms with E-state index in [1.165, 1.54) is 6.07 Å². The van der Waals surface area contributed by atoms with Crippen LogP contribution in [-0.4, -0.2) is 94.7 Å². The molecule has 208 valence electrons. The molecule has 0 saturated carbocycles. The molecule has 6 rings (SSSR count). The van der Waals surface area contributed by atoms with E-state index in [0.717, 1.165) is 43.1 Å². The fourth-order valence-corrected chi connectivity index (χ4v) is 5.63. The van der Waals surface area contributed by atoms with Gasteiger partial charge in [0.1, 0.15) is 12.4 Å². The number of anilines is 2. The number of nitrogens with zero attached hydrogens (tertiary/aromatic N) is 8. The third-order valence-electron chi connectivity index (χ3n) is 7.84. The fourth-order valence-electron chi connectivity index (χ4n) is 5.51. The minimum absolute atomic E-state index is 0.0672. The molecule has 5 heterocycles. The molecule has 13 heteroatoms. The SMILES string of the molecule is CN1CCN(C(=O)CN2C=C(Nc3nc4c(N5CC(CC#N)(c6ccc(Cl)c(F)c6)C5)cccn4n3)CN2)CC1. The van der Waals surface area contributed by atoms with Gasteiger partial charge in [-0.05, 0) is 36.9 Å². The number of hydrogen-bond acceptors (Lipinski definition) is 9. The molecule has 3 aliphatic heterocycles. The number of hydrazine groups is 1. The van der Waals surface area contributed by atoms with Crippen molar-refractivity contribution in [3.63, 3.8) is 0 Å². The van der Waals surface area contributed by atoms with Crippen molar-refractivity contribution < 1.29 is 9.18 Å². The standard InChI is InChI=1S/C27H30ClFN10O/c1-35-9-11-36(12-10-35)24(40)16-38-15-20(14-31-38)32-26-33-25-23(3-2-8-39(25)34-26)37-17-27(18-37,6-7-30)19-4-5-21(28)22(29)13-19/h2-5,8,13,15,31H,6,9-12,14,16-18H2,1H3,(H,32,34). The minimum Gasteiger partial charge on any atom is -0.366 e. The summed E-state index contributed by atoms with van der Waals surface area (Å²) in [5, 5.41) is 19.2. The quantitative estimate of drug-likeness (QED) is 0.446. The summed E-state index contributed by atoms with van der Waals surface area (Å²) in [5.41, 5.74) is 5.90. The Morgan fingerprint density at radius 1 is 1.25 bits per heavy atom. The number of amides is 1. The number of hydrogen-bond donors (Lipinski definition) is 2. The van der Waals surface area contributed by atoms with Gasteiger partial charge in [-0.15, -0.1) is 5.10 Å². The zero-order valence-corrected chi connectivity index (χ0v) is 22.9. The van der Waals surface area contributed by atoms with Crippen LogP contribution < -0.4 is 15.6 Å². The molecule has 0 unspecified atom stereocenters. The Hall–Kier alpha value is -3.92. The molecule has 3 aromatic rings. The van der Waals surface area contributed by atoms with Crippen LogP contribution in [0.15, 0.2) is 48.4 Å². The summed E-state index contributed by atoms with van der Waals surface area (Å²) >= 11 is 5.89. The van der Waals surface area contributed by atoms with Gasteiger partial charge in [0.15, 0.2) is 5.65 Å². The molecule has 11 nitrogen and oxygen atoms in total. The number of likely N-dealkylation sites (N-methyl/N-ethyl adjacent to an activating group) is 1. The molecule has 0 radical (unpaired) electrons. The smallest absolute Gasteiger partial charge is 0.247 e. The van der Waals surface area contributed by atoms with E-state index in [1.54, 1.807) is 21.7 Å². The Balaban J connectivity index is 1.13. The van der Waals surface area contributed by atoms with E-state index in [-0.39, 0.29) is 23.9 Å². The number of nitriles is 1. The van der Waals surface area contributed by atoms with E-state index in [0.29, 0.717) is 31.2 Å². The number of carbonyl (C=O) groups excluding carboxylic acids is 1. The highest BCUT2D eigenvalue weighted by Crippen LogP contribution is 2.42. The molecule has 3 aliphatic rings. The van der Waals surface area contributed by atoms with Crippen molar-refractivity contribution >= 4 is 34.8 Å². The van der Waals surface area contributed by atoms with Crippen LogP contribution >= 0.6 is 11.6 Å². The first-order chi connectivity index (χ1) is 19.3. The monoisotopic (exact) mass is 564 g/mol. The van der Waals surface area contributed by atoms with E-state index in [9.17, 15) is 14.4 Å². The summed E-state index contributed by atoms with van der Waals surface area (Å²) in [7, 11) is 2.07. The van der Waals surface area contributed by atoms with Gasteiger partial charge in [-0.2, -0.15) is 10.2 Å². The molecular formula is C27H30ClFN10O. The van der Waals surface area contributed by atoms with Crippen molar-refractivity contribution in [2.45, 2.75) is 11.8 Å². The van der Waals surface area contributed by atoms with Crippen LogP contribution in [0.3, 0.4) is 0 Å². The minimum atomic E-state index is -0.487. The van der Waals surface area contributed by atoms with Gasteiger partial charge in [-0.1, -0.05) is 17.7 Å². The first-order valence-corrected chi connectivity index (χ1v) is 13.6. The molecule has 2 saturated heterocycles. The van der Waals surface area contributed by atoms with Gasteiger partial charge in [0.25, 0.3) is 0 Å². The molecule has 2 fully saturated rings. The molecule has 0 spiro atoms. The van der Waals surface area contributed by atoms with Gasteiger partial charge in [0.2, 0.25) is 11.9 Å². The number of benzene rings is 1. The lowest BCUT2D eigenvalue weighted by Crippen LogP contribution is -2.59. The highest BCUT2D eigenvalue weighted by molar-refractivity contribution is 6.30. The van der Waals surface area contributed by atoms with Crippen LogP contribution in [0.4, 0.5) is 16.0 Å². The average Bonchev–Trinajstić information content (AvgIpc) is 3.54. The zero-order chi connectivity index (χ0) is 27.9. The number of halogens is 2. The first kappa shape index (κ1) is 26.3. The van der Waals surface area contributed by atoms with Crippen molar-refractivity contribution in [3.05, 3.63) is 64.8 Å². The molecular weight excluding hydrogens is 535 g/mol. The summed E-state index contributed by atoms with van der Waals surface area (Å²) in [6.45, 7) is 5.14. The largest absolute Gasteiger partial charge is 0.366 e. The van der Waals surface area contributed by atoms with Crippen molar-refractivity contribution in [2.24, 2.45) is 0 Å². The Morgan fingerprint density at radius 2 is 2.05 bits per heavy atom. The lowest BCUT2D eigenvalue weighted by Gasteiger charge is -2.50. The average molecular weight is 565 g/mol. The summed E-state index contributed by atoms with van der Waals surface area (Å²) in [5.74, 6) is 0.0523. The van der Waals surface area contributed by atoms with Crippen LogP contribution in [0, 0.1) is 17.1 Å². The first-order valence-electron chi connectivity index (χ1n) is 13.2. The van der Waals surface area contributed by atoms with Crippen LogP contribution in [0.2, 0.25) is 5.02 Å². The molecule has 0 bridgehead atoms. The Morgan fingerprint density at radius 3 is 2.80 bits per heavy atom. The fraction of sp³-hybridized carbons (Fsp3) is 0.407. The number of nitrogens with one attached hydrogen (secondary N) is 2. The maximum absolute atomic E-state index is 14.2. The van der Waals surface area contributed by atoms with Crippen LogP contribution in [-0.2, 0) is 10.2 Å². The number of rotatable bonds is 7. The topological polar surface area (TPSA) is 108 Å². The summed E-state index contributed by atoms with van der Waals surface area (Å²) in [6, 6.07) is 10.9. The Labute approximate surface area is 236 Å². The predicted octanol–water partition coefficient (Wildman–Crippen LogP) is 2.04. The van der Waals surface area contributed by atoms with E-state index in [4.69, 9.17) is 16.6 Å². The van der Waals surface area contributed by atoms with Crippen molar-refractivity contribution in [1.82, 2.24) is 34.8 Å². The second-order valence-electron chi connectivity index (χ2n) is 10.6. The molecule has 2 aromatic heterocycles. The van der Waals surface area contributed by atoms with E-state index >= 15 is 0 Å². The van der Waals surface area contributed by atoms with Gasteiger partial charge in [-0.25, -0.2) is 14.3 Å². The van der Waals surface area contributed by atoms with E-state index < -0.39 is 11.2 Å². The number of piperazine rings is 1. The van der Waals surface area contributed by atoms with Crippen LogP contribution in [0.25, 0.3) is 5.65 Å². The van der Waals surface area contributed by atoms with Gasteiger partial charge in [0, 0.05) is 63.5 Å². The number of aromatic nitrogens is 3. The van der Waals surface area contributed by atoms with Gasteiger partial charge in [0.05, 0.1) is 29.0 Å². The number of carbonyl (C=O) groups is 1. The molecule has 0 atom stereocenters. The van der Waals surface area contributed by atoms with Gasteiger partial charge >= 0.3 is 0 Å². The van der Waals surface area contributed by atoms with Gasteiger partial charge in [-0.3, -0.25) is 4.79 Å². The summed E-state index contributed by atoms with van der Waals surface area (Å²) < 4.78 is 15.9. The van der Waals surface area contributed by atoms with Gasteiger partial charge < -0.3 is 25.0 Å². The third kappa shape index (κ3) is 5.03. The highest BCUT2D eigenvalue weighted by atomic mass is 35.5. The Bertz CT molecular complexity index is 1500. The lowest BCUT2D eigenvalue weighted by atomic mass is 9.71. The normalized spacial score (nSPS) is 18.9. The maximum atomic E-state index is 14.2. The number of pyridine rings is 1. The predicted molar refractivity (Wildman–Crippen MR) is 149 cm³/mol. The highest BCUT2D eigenvalue weighted by Gasteiger charge is 2.45. The second kappa shape index (κ2) is 10.6. The van der Waals surface area contributed by atoms with Crippen LogP contribution in [0.1, 0.15) is 12.0 Å². The third-order valence-corrected chi connectivity index (χ3v) is 8.14. The zero-order valence-electron chi connectivity index (χ0n) is 22.1. The second-order valence-corrected chi connectivity index (χ2v) is 11.0.